The zero-order chi connectivity index (χ0) is 21.4. The van der Waals surface area contributed by atoms with Gasteiger partial charge in [-0.05, 0) is 53.8 Å². The van der Waals surface area contributed by atoms with E-state index < -0.39 is 17.7 Å². The van der Waals surface area contributed by atoms with Gasteiger partial charge in [-0.2, -0.15) is 0 Å². The van der Waals surface area contributed by atoms with Crippen LogP contribution in [0.1, 0.15) is 27.6 Å². The maximum atomic E-state index is 13.0. The lowest BCUT2D eigenvalue weighted by molar-refractivity contribution is -0.140. The monoisotopic (exact) mass is 501 g/mol. The number of carbonyl (C=O) groups is 2. The summed E-state index contributed by atoms with van der Waals surface area (Å²) in [4.78, 5) is 28.4. The first-order valence-electron chi connectivity index (χ1n) is 9.19. The van der Waals surface area contributed by atoms with Crippen molar-refractivity contribution in [3.8, 4) is 0 Å². The van der Waals surface area contributed by atoms with Crippen LogP contribution in [0.25, 0.3) is 5.76 Å². The van der Waals surface area contributed by atoms with E-state index in [2.05, 4.69) is 15.9 Å². The molecule has 3 aromatic rings. The molecule has 1 amide bonds. The van der Waals surface area contributed by atoms with Crippen molar-refractivity contribution in [1.82, 2.24) is 4.90 Å². The van der Waals surface area contributed by atoms with Crippen LogP contribution in [0.3, 0.4) is 0 Å². The standard InChI is InChI=1S/C23H17BrClNO3S/c1-13-11-15(6-9-18(13)24)21(27)19-20(14-4-7-16(25)8-5-14)26(23(29)22(19)28)12-17-3-2-10-30-17/h2-11,20,27H,12H2,1H3/b21-19-. The average molecular weight is 503 g/mol. The highest BCUT2D eigenvalue weighted by Crippen LogP contribution is 2.41. The second kappa shape index (κ2) is 8.38. The average Bonchev–Trinajstić information content (AvgIpc) is 3.33. The number of aryl methyl sites for hydroxylation is 1. The first kappa shape index (κ1) is 20.8. The van der Waals surface area contributed by atoms with E-state index in [-0.39, 0.29) is 17.9 Å². The second-order valence-electron chi connectivity index (χ2n) is 7.02. The largest absolute Gasteiger partial charge is 0.507 e. The fourth-order valence-corrected chi connectivity index (χ4v) is 4.63. The van der Waals surface area contributed by atoms with Gasteiger partial charge in [0.25, 0.3) is 11.7 Å². The molecule has 0 radical (unpaired) electrons. The predicted octanol–water partition coefficient (Wildman–Crippen LogP) is 6.09. The summed E-state index contributed by atoms with van der Waals surface area (Å²) in [6.45, 7) is 2.18. The number of aliphatic hydroxyl groups excluding tert-OH is 1. The van der Waals surface area contributed by atoms with Gasteiger partial charge in [0.05, 0.1) is 18.2 Å². The third-order valence-electron chi connectivity index (χ3n) is 5.06. The summed E-state index contributed by atoms with van der Waals surface area (Å²) in [7, 11) is 0. The number of hydrogen-bond acceptors (Lipinski definition) is 4. The van der Waals surface area contributed by atoms with E-state index >= 15 is 0 Å². The summed E-state index contributed by atoms with van der Waals surface area (Å²) in [5, 5.41) is 13.6. The summed E-state index contributed by atoms with van der Waals surface area (Å²) in [5.74, 6) is -1.50. The lowest BCUT2D eigenvalue weighted by atomic mass is 9.95. The van der Waals surface area contributed by atoms with Crippen molar-refractivity contribution in [1.29, 1.82) is 0 Å². The van der Waals surface area contributed by atoms with Gasteiger partial charge in [0, 0.05) is 19.9 Å². The zero-order valence-corrected chi connectivity index (χ0v) is 19.1. The number of halogens is 2. The second-order valence-corrected chi connectivity index (χ2v) is 9.34. The van der Waals surface area contributed by atoms with Gasteiger partial charge in [-0.25, -0.2) is 0 Å². The van der Waals surface area contributed by atoms with E-state index in [1.165, 1.54) is 16.2 Å². The van der Waals surface area contributed by atoms with Gasteiger partial charge in [0.2, 0.25) is 0 Å². The molecule has 1 fully saturated rings. The number of amides is 1. The van der Waals surface area contributed by atoms with Crippen LogP contribution in [0.4, 0.5) is 0 Å². The maximum absolute atomic E-state index is 13.0. The highest BCUT2D eigenvalue weighted by atomic mass is 79.9. The van der Waals surface area contributed by atoms with Crippen molar-refractivity contribution >= 4 is 56.3 Å². The van der Waals surface area contributed by atoms with E-state index in [4.69, 9.17) is 11.6 Å². The van der Waals surface area contributed by atoms with Gasteiger partial charge in [0.15, 0.2) is 0 Å². The predicted molar refractivity (Wildman–Crippen MR) is 122 cm³/mol. The molecule has 4 nitrogen and oxygen atoms in total. The van der Waals surface area contributed by atoms with Crippen LogP contribution < -0.4 is 0 Å². The van der Waals surface area contributed by atoms with E-state index in [0.717, 1.165) is 14.9 Å². The van der Waals surface area contributed by atoms with Crippen molar-refractivity contribution in [2.45, 2.75) is 19.5 Å². The van der Waals surface area contributed by atoms with Crippen LogP contribution in [0, 0.1) is 6.92 Å². The normalized spacial score (nSPS) is 18.2. The van der Waals surface area contributed by atoms with E-state index in [1.54, 1.807) is 36.4 Å². The highest BCUT2D eigenvalue weighted by molar-refractivity contribution is 9.10. The molecule has 4 rings (SSSR count). The van der Waals surface area contributed by atoms with Crippen molar-refractivity contribution < 1.29 is 14.7 Å². The molecule has 1 atom stereocenters. The van der Waals surface area contributed by atoms with Gasteiger partial charge in [-0.1, -0.05) is 51.8 Å². The molecule has 7 heteroatoms. The number of thiophene rings is 1. The number of nitrogens with zero attached hydrogens (tertiary/aromatic N) is 1. The van der Waals surface area contributed by atoms with E-state index in [1.807, 2.05) is 30.5 Å². The van der Waals surface area contributed by atoms with E-state index in [9.17, 15) is 14.7 Å². The molecular formula is C23H17BrClNO3S. The topological polar surface area (TPSA) is 57.6 Å². The minimum absolute atomic E-state index is 0.0839. The molecule has 0 spiro atoms. The fourth-order valence-electron chi connectivity index (χ4n) is 3.55. The van der Waals surface area contributed by atoms with Crippen molar-refractivity contribution in [3.63, 3.8) is 0 Å². The molecule has 1 saturated heterocycles. The maximum Gasteiger partial charge on any atom is 0.295 e. The number of hydrogen-bond donors (Lipinski definition) is 1. The van der Waals surface area contributed by atoms with Gasteiger partial charge >= 0.3 is 0 Å². The Kier molecular flexibility index (Phi) is 5.82. The molecule has 1 aliphatic rings. The summed E-state index contributed by atoms with van der Waals surface area (Å²) in [6, 6.07) is 15.4. The molecule has 1 aromatic heterocycles. The number of likely N-dealkylation sites (tertiary alicyclic amines) is 1. The Balaban J connectivity index is 1.87. The summed E-state index contributed by atoms with van der Waals surface area (Å²) in [6.07, 6.45) is 0. The van der Waals surface area contributed by atoms with Crippen molar-refractivity contribution in [2.24, 2.45) is 0 Å². The number of ketones is 1. The Labute approximate surface area is 191 Å². The lowest BCUT2D eigenvalue weighted by Gasteiger charge is -2.25. The molecule has 2 aromatic carbocycles. The third-order valence-corrected chi connectivity index (χ3v) is 7.07. The highest BCUT2D eigenvalue weighted by Gasteiger charge is 2.46. The van der Waals surface area contributed by atoms with Gasteiger partial charge in [0.1, 0.15) is 5.76 Å². The Bertz CT molecular complexity index is 1160. The molecule has 1 N–H and O–H groups in total. The molecule has 30 heavy (non-hydrogen) atoms. The van der Waals surface area contributed by atoms with Crippen LogP contribution in [0.15, 0.2) is 70.0 Å². The SMILES string of the molecule is Cc1cc(/C(O)=C2/C(=O)C(=O)N(Cc3cccs3)C2c2ccc(Cl)cc2)ccc1Br. The van der Waals surface area contributed by atoms with Crippen molar-refractivity contribution in [3.05, 3.63) is 96.6 Å². The van der Waals surface area contributed by atoms with Crippen LogP contribution in [-0.4, -0.2) is 21.7 Å². The lowest BCUT2D eigenvalue weighted by Crippen LogP contribution is -2.28. The number of Topliss-reactive ketones (excluding diaryl/α,β-unsaturated/α-hetero) is 1. The minimum Gasteiger partial charge on any atom is -0.507 e. The zero-order valence-electron chi connectivity index (χ0n) is 15.9. The van der Waals surface area contributed by atoms with Gasteiger partial charge in [-0.15, -0.1) is 11.3 Å². The summed E-state index contributed by atoms with van der Waals surface area (Å²) >= 11 is 11.0. The van der Waals surface area contributed by atoms with Crippen LogP contribution in [-0.2, 0) is 16.1 Å². The smallest absolute Gasteiger partial charge is 0.295 e. The first-order valence-corrected chi connectivity index (χ1v) is 11.2. The molecular weight excluding hydrogens is 486 g/mol. The first-order chi connectivity index (χ1) is 14.4. The molecule has 0 aliphatic carbocycles. The molecule has 152 valence electrons. The van der Waals surface area contributed by atoms with Gasteiger partial charge in [-0.3, -0.25) is 9.59 Å². The number of carbonyl (C=O) groups excluding carboxylic acids is 2. The number of benzene rings is 2. The van der Waals surface area contributed by atoms with Crippen LogP contribution in [0.5, 0.6) is 0 Å². The molecule has 0 bridgehead atoms. The molecule has 1 unspecified atom stereocenters. The fraction of sp³-hybridized carbons (Fsp3) is 0.130. The quantitative estimate of drug-likeness (QED) is 0.267. The van der Waals surface area contributed by atoms with E-state index in [0.29, 0.717) is 16.1 Å². The van der Waals surface area contributed by atoms with Gasteiger partial charge < -0.3 is 10.0 Å². The summed E-state index contributed by atoms with van der Waals surface area (Å²) < 4.78 is 0.895. The Morgan fingerprint density at radius 1 is 1.17 bits per heavy atom. The molecule has 1 aliphatic heterocycles. The van der Waals surface area contributed by atoms with Crippen molar-refractivity contribution in [2.75, 3.05) is 0 Å². The third kappa shape index (κ3) is 3.83. The summed E-state index contributed by atoms with van der Waals surface area (Å²) in [5.41, 5.74) is 2.20. The Hall–Kier alpha value is -2.41. The van der Waals surface area contributed by atoms with Crippen LogP contribution in [0.2, 0.25) is 5.02 Å². The minimum atomic E-state index is -0.701. The Morgan fingerprint density at radius 2 is 1.90 bits per heavy atom. The molecule has 0 saturated carbocycles. The number of aliphatic hydroxyl groups is 1. The number of rotatable bonds is 4. The molecule has 2 heterocycles. The van der Waals surface area contributed by atoms with Crippen LogP contribution >= 0.6 is 38.9 Å². The Morgan fingerprint density at radius 3 is 2.53 bits per heavy atom.